The van der Waals surface area contributed by atoms with E-state index in [1.807, 2.05) is 6.08 Å². The predicted molar refractivity (Wildman–Crippen MR) is 85.9 cm³/mol. The monoisotopic (exact) mass is 255 g/mol. The topological polar surface area (TPSA) is 26.0 Å². The summed E-state index contributed by atoms with van der Waals surface area (Å²) < 4.78 is 0. The molecule has 0 radical (unpaired) electrons. The van der Waals surface area contributed by atoms with Gasteiger partial charge in [0.25, 0.3) is 0 Å². The first-order chi connectivity index (χ1) is 9.38. The molecule has 0 bridgehead atoms. The Morgan fingerprint density at radius 1 is 1.00 bits per heavy atom. The molecule has 19 heavy (non-hydrogen) atoms. The number of benzene rings is 1. The molecule has 0 amide bonds. The Kier molecular flexibility index (Phi) is 8.41. The van der Waals surface area contributed by atoms with Gasteiger partial charge in [-0.2, -0.15) is 0 Å². The quantitative estimate of drug-likeness (QED) is 0.528. The molecule has 0 saturated heterocycles. The fraction of sp³-hybridized carbons (Fsp3) is 0.333. The summed E-state index contributed by atoms with van der Waals surface area (Å²) in [5, 5.41) is 0. The molecule has 0 spiro atoms. The van der Waals surface area contributed by atoms with E-state index in [9.17, 15) is 0 Å². The summed E-state index contributed by atoms with van der Waals surface area (Å²) in [4.78, 5) is 0. The normalized spacial score (nSPS) is 12.6. The third-order valence-electron chi connectivity index (χ3n) is 2.90. The van der Waals surface area contributed by atoms with Crippen LogP contribution in [0.2, 0.25) is 0 Å². The van der Waals surface area contributed by atoms with Crippen molar-refractivity contribution < 1.29 is 0 Å². The van der Waals surface area contributed by atoms with E-state index < -0.39 is 0 Å². The number of hydrogen-bond donors (Lipinski definition) is 1. The van der Waals surface area contributed by atoms with Crippen molar-refractivity contribution in [3.63, 3.8) is 0 Å². The van der Waals surface area contributed by atoms with E-state index >= 15 is 0 Å². The van der Waals surface area contributed by atoms with E-state index in [4.69, 9.17) is 5.73 Å². The standard InChI is InChI=1S/C18H25N/c1-2-12-17(18-14-9-7-10-15-18)13-8-5-3-4-6-11-16-19/h5-12,14-15H,2-4,13,16,19H2,1H3. The number of allylic oxidation sites excluding steroid dienone is 5. The second-order valence-corrected chi connectivity index (χ2v) is 4.46. The van der Waals surface area contributed by atoms with E-state index in [0.717, 1.165) is 25.7 Å². The van der Waals surface area contributed by atoms with Crippen LogP contribution in [0.5, 0.6) is 0 Å². The Morgan fingerprint density at radius 3 is 2.32 bits per heavy atom. The Labute approximate surface area is 117 Å². The summed E-state index contributed by atoms with van der Waals surface area (Å²) in [5.41, 5.74) is 8.14. The van der Waals surface area contributed by atoms with Crippen molar-refractivity contribution in [2.75, 3.05) is 6.54 Å². The van der Waals surface area contributed by atoms with Gasteiger partial charge in [-0.15, -0.1) is 0 Å². The molecule has 0 aliphatic carbocycles. The molecule has 0 saturated carbocycles. The zero-order chi connectivity index (χ0) is 13.8. The maximum Gasteiger partial charge on any atom is 0.0106 e. The van der Waals surface area contributed by atoms with Gasteiger partial charge < -0.3 is 5.73 Å². The molecule has 0 atom stereocenters. The fourth-order valence-electron chi connectivity index (χ4n) is 1.95. The molecule has 0 aromatic heterocycles. The molecule has 0 unspecified atom stereocenters. The molecule has 2 N–H and O–H groups in total. The summed E-state index contributed by atoms with van der Waals surface area (Å²) in [6, 6.07) is 10.6. The number of rotatable bonds is 8. The third kappa shape index (κ3) is 6.78. The molecule has 102 valence electrons. The van der Waals surface area contributed by atoms with Crippen molar-refractivity contribution >= 4 is 5.57 Å². The van der Waals surface area contributed by atoms with Crippen LogP contribution in [0.1, 0.15) is 38.2 Å². The molecule has 1 nitrogen and oxygen atoms in total. The highest BCUT2D eigenvalue weighted by Gasteiger charge is 1.97. The SMILES string of the molecule is CCC=C(CC=CCCC=CCN)c1ccccc1. The second-order valence-electron chi connectivity index (χ2n) is 4.46. The molecule has 0 aliphatic rings. The van der Waals surface area contributed by atoms with Crippen molar-refractivity contribution in [1.82, 2.24) is 0 Å². The Bertz CT molecular complexity index is 413. The van der Waals surface area contributed by atoms with Gasteiger partial charge in [-0.05, 0) is 36.8 Å². The highest BCUT2D eigenvalue weighted by Crippen LogP contribution is 2.19. The molecule has 0 aliphatic heterocycles. The van der Waals surface area contributed by atoms with E-state index in [2.05, 4.69) is 61.6 Å². The van der Waals surface area contributed by atoms with Gasteiger partial charge in [0, 0.05) is 6.54 Å². The van der Waals surface area contributed by atoms with Crippen LogP contribution in [0.15, 0.2) is 60.7 Å². The number of nitrogens with two attached hydrogens (primary N) is 1. The fourth-order valence-corrected chi connectivity index (χ4v) is 1.95. The lowest BCUT2D eigenvalue weighted by Gasteiger charge is -2.04. The van der Waals surface area contributed by atoms with E-state index in [1.54, 1.807) is 0 Å². The zero-order valence-electron chi connectivity index (χ0n) is 11.9. The maximum atomic E-state index is 5.39. The van der Waals surface area contributed by atoms with Gasteiger partial charge in [0.2, 0.25) is 0 Å². The lowest BCUT2D eigenvalue weighted by Crippen LogP contribution is -1.91. The van der Waals surface area contributed by atoms with Crippen molar-refractivity contribution in [3.8, 4) is 0 Å². The smallest absolute Gasteiger partial charge is 0.0106 e. The maximum absolute atomic E-state index is 5.39. The van der Waals surface area contributed by atoms with Crippen molar-refractivity contribution in [1.29, 1.82) is 0 Å². The molecular formula is C18H25N. The van der Waals surface area contributed by atoms with Crippen molar-refractivity contribution in [2.45, 2.75) is 32.6 Å². The Morgan fingerprint density at radius 2 is 1.68 bits per heavy atom. The number of unbranched alkanes of at least 4 members (excludes halogenated alkanes) is 1. The lowest BCUT2D eigenvalue weighted by molar-refractivity contribution is 1.03. The van der Waals surface area contributed by atoms with Gasteiger partial charge in [-0.25, -0.2) is 0 Å². The van der Waals surface area contributed by atoms with Crippen LogP contribution in [-0.2, 0) is 0 Å². The summed E-state index contributed by atoms with van der Waals surface area (Å²) in [5.74, 6) is 0. The van der Waals surface area contributed by atoms with Crippen LogP contribution in [0.4, 0.5) is 0 Å². The molecule has 0 heterocycles. The van der Waals surface area contributed by atoms with Crippen LogP contribution >= 0.6 is 0 Å². The van der Waals surface area contributed by atoms with Crippen LogP contribution in [-0.4, -0.2) is 6.54 Å². The molecular weight excluding hydrogens is 230 g/mol. The summed E-state index contributed by atoms with van der Waals surface area (Å²) in [7, 11) is 0. The molecule has 1 aromatic rings. The molecule has 1 rings (SSSR count). The van der Waals surface area contributed by atoms with Crippen LogP contribution in [0.25, 0.3) is 5.57 Å². The van der Waals surface area contributed by atoms with Gasteiger partial charge in [0.15, 0.2) is 0 Å². The molecule has 1 aromatic carbocycles. The van der Waals surface area contributed by atoms with Gasteiger partial charge in [0.1, 0.15) is 0 Å². The summed E-state index contributed by atoms with van der Waals surface area (Å²) in [6.45, 7) is 2.82. The van der Waals surface area contributed by atoms with E-state index in [-0.39, 0.29) is 0 Å². The Hall–Kier alpha value is -1.60. The Balaban J connectivity index is 2.45. The third-order valence-corrected chi connectivity index (χ3v) is 2.90. The van der Waals surface area contributed by atoms with Gasteiger partial charge >= 0.3 is 0 Å². The van der Waals surface area contributed by atoms with Crippen LogP contribution in [0.3, 0.4) is 0 Å². The minimum Gasteiger partial charge on any atom is -0.327 e. The molecule has 1 heteroatoms. The van der Waals surface area contributed by atoms with E-state index in [1.165, 1.54) is 11.1 Å². The van der Waals surface area contributed by atoms with Crippen molar-refractivity contribution in [2.24, 2.45) is 5.73 Å². The number of hydrogen-bond acceptors (Lipinski definition) is 1. The van der Waals surface area contributed by atoms with Gasteiger partial charge in [-0.3, -0.25) is 0 Å². The second kappa shape index (κ2) is 10.3. The van der Waals surface area contributed by atoms with E-state index in [0.29, 0.717) is 6.54 Å². The lowest BCUT2D eigenvalue weighted by atomic mass is 10.0. The minimum absolute atomic E-state index is 0.640. The van der Waals surface area contributed by atoms with Gasteiger partial charge in [0.05, 0.1) is 0 Å². The van der Waals surface area contributed by atoms with Crippen LogP contribution < -0.4 is 5.73 Å². The summed E-state index contributed by atoms with van der Waals surface area (Å²) >= 11 is 0. The van der Waals surface area contributed by atoms with Crippen LogP contribution in [0, 0.1) is 0 Å². The molecule has 0 fully saturated rings. The van der Waals surface area contributed by atoms with Gasteiger partial charge in [-0.1, -0.05) is 67.6 Å². The first kappa shape index (κ1) is 15.5. The highest BCUT2D eigenvalue weighted by molar-refractivity contribution is 5.66. The highest BCUT2D eigenvalue weighted by atomic mass is 14.5. The predicted octanol–water partition coefficient (Wildman–Crippen LogP) is 4.72. The average Bonchev–Trinajstić information content (AvgIpc) is 2.46. The first-order valence-electron chi connectivity index (χ1n) is 7.13. The largest absolute Gasteiger partial charge is 0.327 e. The average molecular weight is 255 g/mol. The first-order valence-corrected chi connectivity index (χ1v) is 7.13. The minimum atomic E-state index is 0.640. The summed E-state index contributed by atoms with van der Waals surface area (Å²) in [6.07, 6.45) is 15.3. The zero-order valence-corrected chi connectivity index (χ0v) is 11.9. The van der Waals surface area contributed by atoms with Crippen molar-refractivity contribution in [3.05, 3.63) is 66.3 Å².